The lowest BCUT2D eigenvalue weighted by molar-refractivity contribution is 0.220. The molecule has 0 fully saturated rings. The number of amides is 2. The summed E-state index contributed by atoms with van der Waals surface area (Å²) < 4.78 is 5.83. The van der Waals surface area contributed by atoms with Crippen molar-refractivity contribution < 1.29 is 9.53 Å². The van der Waals surface area contributed by atoms with E-state index in [9.17, 15) is 4.79 Å². The number of rotatable bonds is 6. The molecule has 1 aromatic heterocycles. The first-order valence-electron chi connectivity index (χ1n) is 8.96. The van der Waals surface area contributed by atoms with E-state index < -0.39 is 0 Å². The molecular weight excluding hydrogens is 362 g/mol. The predicted molar refractivity (Wildman–Crippen MR) is 110 cm³/mol. The van der Waals surface area contributed by atoms with Crippen LogP contribution in [0.25, 0.3) is 0 Å². The van der Waals surface area contributed by atoms with Gasteiger partial charge in [-0.1, -0.05) is 50.6 Å². The van der Waals surface area contributed by atoms with Crippen molar-refractivity contribution in [2.45, 2.75) is 53.2 Å². The Bertz CT molecular complexity index is 785. The molecule has 2 N–H and O–H groups in total. The average Bonchev–Trinajstić information content (AvgIpc) is 2.52. The molecule has 0 aliphatic heterocycles. The summed E-state index contributed by atoms with van der Waals surface area (Å²) in [6.07, 6.45) is 2.45. The molecule has 0 saturated heterocycles. The van der Waals surface area contributed by atoms with Gasteiger partial charge in [0.2, 0.25) is 0 Å². The van der Waals surface area contributed by atoms with Crippen LogP contribution in [0.15, 0.2) is 42.6 Å². The lowest BCUT2D eigenvalue weighted by Gasteiger charge is -2.33. The second kappa shape index (κ2) is 8.61. The van der Waals surface area contributed by atoms with Crippen molar-refractivity contribution in [1.82, 2.24) is 10.3 Å². The van der Waals surface area contributed by atoms with Gasteiger partial charge in [0.25, 0.3) is 0 Å². The molecule has 0 radical (unpaired) electrons. The number of hydrogen-bond donors (Lipinski definition) is 2. The van der Waals surface area contributed by atoms with Gasteiger partial charge in [0.05, 0.1) is 0 Å². The second-order valence-corrected chi connectivity index (χ2v) is 8.84. The quantitative estimate of drug-likeness (QED) is 0.670. The van der Waals surface area contributed by atoms with E-state index in [4.69, 9.17) is 16.3 Å². The van der Waals surface area contributed by atoms with Gasteiger partial charge in [-0.3, -0.25) is 5.32 Å². The number of nitrogens with one attached hydrogen (secondary N) is 2. The first-order valence-corrected chi connectivity index (χ1v) is 9.34. The molecule has 1 heterocycles. The molecule has 0 aliphatic rings. The Kier molecular flexibility index (Phi) is 6.71. The number of aromatic nitrogens is 1. The number of benzene rings is 1. The molecule has 2 rings (SSSR count). The number of nitrogens with zero attached hydrogens (tertiary/aromatic N) is 1. The number of carbonyl (C=O) groups is 1. The van der Waals surface area contributed by atoms with Crippen molar-refractivity contribution in [3.8, 4) is 5.75 Å². The molecule has 0 bridgehead atoms. The number of ether oxygens (including phenoxy) is 1. The zero-order valence-electron chi connectivity index (χ0n) is 16.6. The molecule has 6 heteroatoms. The van der Waals surface area contributed by atoms with Gasteiger partial charge < -0.3 is 10.1 Å². The molecule has 2 amide bonds. The summed E-state index contributed by atoms with van der Waals surface area (Å²) in [5.41, 5.74) is 0.616. The molecule has 0 atom stereocenters. The lowest BCUT2D eigenvalue weighted by atomic mass is 9.82. The topological polar surface area (TPSA) is 63.2 Å². The summed E-state index contributed by atoms with van der Waals surface area (Å²) >= 11 is 6.16. The smallest absolute Gasteiger partial charge is 0.320 e. The molecular formula is C21H28ClN3O2. The molecule has 27 heavy (non-hydrogen) atoms. The van der Waals surface area contributed by atoms with E-state index in [0.717, 1.165) is 12.0 Å². The fourth-order valence-corrected chi connectivity index (χ4v) is 3.38. The second-order valence-electron chi connectivity index (χ2n) is 8.43. The molecule has 146 valence electrons. The van der Waals surface area contributed by atoms with E-state index in [1.165, 1.54) is 0 Å². The Balaban J connectivity index is 2.03. The predicted octanol–water partition coefficient (Wildman–Crippen LogP) is 5.65. The summed E-state index contributed by atoms with van der Waals surface area (Å²) in [5.74, 6) is 0.856. The third kappa shape index (κ3) is 7.10. The Hall–Kier alpha value is -2.27. The lowest BCUT2D eigenvalue weighted by Crippen LogP contribution is -2.47. The van der Waals surface area contributed by atoms with Crippen LogP contribution in [0.4, 0.5) is 10.6 Å². The van der Waals surface area contributed by atoms with Gasteiger partial charge in [-0.15, -0.1) is 0 Å². The van der Waals surface area contributed by atoms with E-state index in [-0.39, 0.29) is 23.6 Å². The molecule has 5 nitrogen and oxygen atoms in total. The van der Waals surface area contributed by atoms with Crippen LogP contribution in [0, 0.1) is 5.41 Å². The molecule has 0 aliphatic carbocycles. The summed E-state index contributed by atoms with van der Waals surface area (Å²) in [4.78, 5) is 16.7. The summed E-state index contributed by atoms with van der Waals surface area (Å²) in [5, 5.41) is 6.43. The maximum Gasteiger partial charge on any atom is 0.320 e. The van der Waals surface area contributed by atoms with Crippen LogP contribution >= 0.6 is 11.6 Å². The van der Waals surface area contributed by atoms with Gasteiger partial charge in [-0.05, 0) is 43.9 Å². The van der Waals surface area contributed by atoms with Crippen LogP contribution < -0.4 is 15.4 Å². The number of urea groups is 1. The first kappa shape index (κ1) is 21.0. The minimum absolute atomic E-state index is 0.102. The maximum absolute atomic E-state index is 12.5. The fraction of sp³-hybridized carbons (Fsp3) is 0.429. The van der Waals surface area contributed by atoms with Crippen molar-refractivity contribution in [2.75, 3.05) is 5.32 Å². The van der Waals surface area contributed by atoms with Crippen molar-refractivity contribution in [3.05, 3.63) is 53.2 Å². The summed E-state index contributed by atoms with van der Waals surface area (Å²) in [7, 11) is 0. The van der Waals surface area contributed by atoms with Gasteiger partial charge in [0.15, 0.2) is 11.6 Å². The Morgan fingerprint density at radius 1 is 1.11 bits per heavy atom. The van der Waals surface area contributed by atoms with Crippen LogP contribution in [-0.4, -0.2) is 16.6 Å². The fourth-order valence-electron chi connectivity index (χ4n) is 3.19. The zero-order chi connectivity index (χ0) is 20.1. The van der Waals surface area contributed by atoms with Crippen molar-refractivity contribution in [2.24, 2.45) is 5.41 Å². The highest BCUT2D eigenvalue weighted by Gasteiger charge is 2.27. The molecule has 0 saturated carbocycles. The van der Waals surface area contributed by atoms with Crippen molar-refractivity contribution in [1.29, 1.82) is 0 Å². The highest BCUT2D eigenvalue weighted by atomic mass is 35.5. The highest BCUT2D eigenvalue weighted by molar-refractivity contribution is 6.31. The SMILES string of the molecule is CC(C)(C)CC(C)(C)NC(=O)Nc1ncccc1OCc1ccccc1Cl. The standard InChI is InChI=1S/C21H28ClN3O2/c1-20(2,3)14-21(4,5)25-19(26)24-18-17(11-8-12-23-18)27-13-15-9-6-7-10-16(15)22/h6-12H,13-14H2,1-5H3,(H2,23,24,25,26). The molecule has 0 spiro atoms. The van der Waals surface area contributed by atoms with E-state index in [1.54, 1.807) is 18.3 Å². The van der Waals surface area contributed by atoms with Gasteiger partial charge in [-0.2, -0.15) is 0 Å². The van der Waals surface area contributed by atoms with E-state index in [0.29, 0.717) is 16.6 Å². The number of pyridine rings is 1. The molecule has 1 aromatic carbocycles. The van der Waals surface area contributed by atoms with E-state index in [2.05, 4.69) is 36.4 Å². The van der Waals surface area contributed by atoms with Crippen LogP contribution in [0.5, 0.6) is 5.75 Å². The van der Waals surface area contributed by atoms with Crippen molar-refractivity contribution in [3.63, 3.8) is 0 Å². The minimum atomic E-state index is -0.351. The number of anilines is 1. The third-order valence-electron chi connectivity index (χ3n) is 3.77. The number of carbonyl (C=O) groups excluding carboxylic acids is 1. The summed E-state index contributed by atoms with van der Waals surface area (Å²) in [6.45, 7) is 10.7. The first-order chi connectivity index (χ1) is 12.6. The van der Waals surface area contributed by atoms with Crippen LogP contribution in [0.1, 0.15) is 46.6 Å². The van der Waals surface area contributed by atoms with Crippen LogP contribution in [0.3, 0.4) is 0 Å². The molecule has 2 aromatic rings. The molecule has 0 unspecified atom stereocenters. The Morgan fingerprint density at radius 2 is 1.81 bits per heavy atom. The van der Waals surface area contributed by atoms with Crippen molar-refractivity contribution >= 4 is 23.4 Å². The van der Waals surface area contributed by atoms with Gasteiger partial charge in [0.1, 0.15) is 6.61 Å². The van der Waals surface area contributed by atoms with Gasteiger partial charge in [-0.25, -0.2) is 9.78 Å². The van der Waals surface area contributed by atoms with Crippen LogP contribution in [0.2, 0.25) is 5.02 Å². The Morgan fingerprint density at radius 3 is 2.48 bits per heavy atom. The monoisotopic (exact) mass is 389 g/mol. The van der Waals surface area contributed by atoms with Gasteiger partial charge >= 0.3 is 6.03 Å². The minimum Gasteiger partial charge on any atom is -0.485 e. The number of hydrogen-bond acceptors (Lipinski definition) is 3. The average molecular weight is 390 g/mol. The highest BCUT2D eigenvalue weighted by Crippen LogP contribution is 2.27. The summed E-state index contributed by atoms with van der Waals surface area (Å²) in [6, 6.07) is 10.7. The maximum atomic E-state index is 12.5. The normalized spacial score (nSPS) is 11.8. The van der Waals surface area contributed by atoms with Crippen LogP contribution in [-0.2, 0) is 6.61 Å². The van der Waals surface area contributed by atoms with Gasteiger partial charge in [0, 0.05) is 22.3 Å². The number of halogens is 1. The van der Waals surface area contributed by atoms with E-state index in [1.807, 2.05) is 38.1 Å². The van der Waals surface area contributed by atoms with E-state index >= 15 is 0 Å². The Labute approximate surface area is 166 Å². The third-order valence-corrected chi connectivity index (χ3v) is 4.14. The zero-order valence-corrected chi connectivity index (χ0v) is 17.4. The largest absolute Gasteiger partial charge is 0.485 e.